The van der Waals surface area contributed by atoms with E-state index >= 15 is 0 Å². The van der Waals surface area contributed by atoms with E-state index in [1.165, 1.54) is 0 Å². The quantitative estimate of drug-likeness (QED) is 0.775. The molecule has 1 heterocycles. The van der Waals surface area contributed by atoms with E-state index in [2.05, 4.69) is 5.32 Å². The second-order valence-corrected chi connectivity index (χ2v) is 7.89. The molecule has 1 unspecified atom stereocenters. The van der Waals surface area contributed by atoms with Crippen LogP contribution < -0.4 is 5.32 Å². The van der Waals surface area contributed by atoms with Gasteiger partial charge < -0.3 is 15.0 Å². The van der Waals surface area contributed by atoms with Crippen LogP contribution in [0.4, 0.5) is 0 Å². The topological polar surface area (TPSA) is 75.7 Å². The van der Waals surface area contributed by atoms with Crippen LogP contribution in [0.15, 0.2) is 0 Å². The molecule has 0 spiro atoms. The van der Waals surface area contributed by atoms with Crippen molar-refractivity contribution in [3.63, 3.8) is 0 Å². The molecule has 1 aliphatic carbocycles. The number of amides is 2. The number of carbonyl (C=O) groups is 3. The first-order valence-electron chi connectivity index (χ1n) is 9.00. The standard InChI is InChI=1S/C18H30N2O4/c1-5-24-16(22)14(12-6-7-12)19-15(21)13-8-10-20(11-9-13)17(23)18(2,3)4/h12-14H,5-11H2,1-4H3,(H,19,21). The predicted octanol–water partition coefficient (Wildman–Crippen LogP) is 1.73. The molecule has 0 aromatic heterocycles. The SMILES string of the molecule is CCOC(=O)C(NC(=O)C1CCN(C(=O)C(C)(C)C)CC1)C1CC1. The van der Waals surface area contributed by atoms with Crippen LogP contribution in [0.5, 0.6) is 0 Å². The zero-order valence-electron chi connectivity index (χ0n) is 15.3. The lowest BCUT2D eigenvalue weighted by Crippen LogP contribution is -2.50. The Hall–Kier alpha value is -1.59. The first kappa shape index (κ1) is 18.7. The minimum absolute atomic E-state index is 0.0807. The monoisotopic (exact) mass is 338 g/mol. The highest BCUT2D eigenvalue weighted by Crippen LogP contribution is 2.33. The van der Waals surface area contributed by atoms with Crippen LogP contribution in [0.1, 0.15) is 53.4 Å². The summed E-state index contributed by atoms with van der Waals surface area (Å²) in [5.74, 6) is -0.194. The second-order valence-electron chi connectivity index (χ2n) is 7.89. The Kier molecular flexibility index (Phi) is 5.88. The van der Waals surface area contributed by atoms with Crippen LogP contribution in [-0.2, 0) is 19.1 Å². The van der Waals surface area contributed by atoms with Crippen molar-refractivity contribution in [2.45, 2.75) is 59.4 Å². The Labute approximate surface area is 144 Å². The van der Waals surface area contributed by atoms with Crippen molar-refractivity contribution < 1.29 is 19.1 Å². The number of ether oxygens (including phenoxy) is 1. The minimum atomic E-state index is -0.508. The van der Waals surface area contributed by atoms with E-state index in [1.807, 2.05) is 25.7 Å². The lowest BCUT2D eigenvalue weighted by Gasteiger charge is -2.35. The van der Waals surface area contributed by atoms with Crippen LogP contribution in [-0.4, -0.2) is 48.4 Å². The Morgan fingerprint density at radius 3 is 2.17 bits per heavy atom. The van der Waals surface area contributed by atoms with E-state index in [0.717, 1.165) is 12.8 Å². The molecule has 2 fully saturated rings. The molecule has 2 rings (SSSR count). The van der Waals surface area contributed by atoms with Crippen molar-refractivity contribution in [1.29, 1.82) is 0 Å². The first-order chi connectivity index (χ1) is 11.2. The average molecular weight is 338 g/mol. The maximum Gasteiger partial charge on any atom is 0.328 e. The zero-order valence-corrected chi connectivity index (χ0v) is 15.3. The summed E-state index contributed by atoms with van der Waals surface area (Å²) < 4.78 is 5.07. The smallest absolute Gasteiger partial charge is 0.328 e. The normalized spacial score (nSPS) is 20.4. The number of hydrogen-bond acceptors (Lipinski definition) is 4. The molecule has 0 bridgehead atoms. The van der Waals surface area contributed by atoms with Crippen LogP contribution in [0, 0.1) is 17.3 Å². The molecular weight excluding hydrogens is 308 g/mol. The zero-order chi connectivity index (χ0) is 17.9. The Bertz CT molecular complexity index is 486. The van der Waals surface area contributed by atoms with Crippen LogP contribution in [0.25, 0.3) is 0 Å². The summed E-state index contributed by atoms with van der Waals surface area (Å²) >= 11 is 0. The molecule has 1 atom stereocenters. The fraction of sp³-hybridized carbons (Fsp3) is 0.833. The number of hydrogen-bond donors (Lipinski definition) is 1. The van der Waals surface area contributed by atoms with Crippen molar-refractivity contribution in [2.75, 3.05) is 19.7 Å². The number of carbonyl (C=O) groups excluding carboxylic acids is 3. The summed E-state index contributed by atoms with van der Waals surface area (Å²) in [5.41, 5.74) is -0.393. The third-order valence-electron chi connectivity index (χ3n) is 4.73. The third kappa shape index (κ3) is 4.71. The second kappa shape index (κ2) is 7.53. The van der Waals surface area contributed by atoms with Gasteiger partial charge in [0.1, 0.15) is 6.04 Å². The van der Waals surface area contributed by atoms with Gasteiger partial charge in [0.15, 0.2) is 0 Å². The Balaban J connectivity index is 1.86. The molecule has 0 radical (unpaired) electrons. The number of likely N-dealkylation sites (tertiary alicyclic amines) is 1. The fourth-order valence-electron chi connectivity index (χ4n) is 3.12. The summed E-state index contributed by atoms with van der Waals surface area (Å²) in [6.07, 6.45) is 3.21. The molecule has 2 amide bonds. The van der Waals surface area contributed by atoms with Gasteiger partial charge in [-0.3, -0.25) is 9.59 Å². The molecule has 1 N–H and O–H groups in total. The number of nitrogens with zero attached hydrogens (tertiary/aromatic N) is 1. The van der Waals surface area contributed by atoms with Gasteiger partial charge in [-0.1, -0.05) is 20.8 Å². The highest BCUT2D eigenvalue weighted by atomic mass is 16.5. The lowest BCUT2D eigenvalue weighted by molar-refractivity contribution is -0.149. The van der Waals surface area contributed by atoms with Gasteiger partial charge in [-0.05, 0) is 38.5 Å². The van der Waals surface area contributed by atoms with Gasteiger partial charge in [-0.15, -0.1) is 0 Å². The van der Waals surface area contributed by atoms with Crippen LogP contribution in [0.3, 0.4) is 0 Å². The summed E-state index contributed by atoms with van der Waals surface area (Å²) in [4.78, 5) is 38.6. The molecule has 0 aromatic rings. The van der Waals surface area contributed by atoms with Gasteiger partial charge in [-0.2, -0.15) is 0 Å². The van der Waals surface area contributed by atoms with E-state index in [9.17, 15) is 14.4 Å². The van der Waals surface area contributed by atoms with E-state index in [1.54, 1.807) is 6.92 Å². The van der Waals surface area contributed by atoms with Crippen LogP contribution in [0.2, 0.25) is 0 Å². The summed E-state index contributed by atoms with van der Waals surface area (Å²) in [7, 11) is 0. The maximum atomic E-state index is 12.5. The highest BCUT2D eigenvalue weighted by molar-refractivity contribution is 5.87. The highest BCUT2D eigenvalue weighted by Gasteiger charge is 2.40. The molecule has 6 heteroatoms. The van der Waals surface area contributed by atoms with Crippen molar-refractivity contribution in [2.24, 2.45) is 17.3 Å². The largest absolute Gasteiger partial charge is 0.464 e. The number of rotatable bonds is 5. The molecule has 24 heavy (non-hydrogen) atoms. The van der Waals surface area contributed by atoms with E-state index in [4.69, 9.17) is 4.74 Å². The van der Waals surface area contributed by atoms with E-state index < -0.39 is 11.5 Å². The average Bonchev–Trinajstić information content (AvgIpc) is 3.35. The van der Waals surface area contributed by atoms with Gasteiger partial charge in [0.2, 0.25) is 11.8 Å². The molecule has 1 saturated carbocycles. The summed E-state index contributed by atoms with van der Waals surface area (Å²) in [6, 6.07) is -0.508. The van der Waals surface area contributed by atoms with E-state index in [-0.39, 0.29) is 29.6 Å². The van der Waals surface area contributed by atoms with Crippen molar-refractivity contribution in [1.82, 2.24) is 10.2 Å². The van der Waals surface area contributed by atoms with Crippen molar-refractivity contribution in [3.05, 3.63) is 0 Å². The minimum Gasteiger partial charge on any atom is -0.464 e. The third-order valence-corrected chi connectivity index (χ3v) is 4.73. The Morgan fingerprint density at radius 2 is 1.71 bits per heavy atom. The molecule has 1 saturated heterocycles. The molecule has 0 aromatic carbocycles. The number of esters is 1. The summed E-state index contributed by atoms with van der Waals surface area (Å²) in [6.45, 7) is 9.02. The fourth-order valence-corrected chi connectivity index (χ4v) is 3.12. The molecule has 1 aliphatic heterocycles. The molecule has 136 valence electrons. The van der Waals surface area contributed by atoms with Crippen molar-refractivity contribution >= 4 is 17.8 Å². The maximum absolute atomic E-state index is 12.5. The van der Waals surface area contributed by atoms with E-state index in [0.29, 0.717) is 32.5 Å². The molecular formula is C18H30N2O4. The molecule has 6 nitrogen and oxygen atoms in total. The number of nitrogens with one attached hydrogen (secondary N) is 1. The van der Waals surface area contributed by atoms with Gasteiger partial charge >= 0.3 is 5.97 Å². The van der Waals surface area contributed by atoms with Gasteiger partial charge in [0, 0.05) is 24.4 Å². The Morgan fingerprint density at radius 1 is 1.12 bits per heavy atom. The predicted molar refractivity (Wildman–Crippen MR) is 90.0 cm³/mol. The summed E-state index contributed by atoms with van der Waals surface area (Å²) in [5, 5.41) is 2.89. The first-order valence-corrected chi connectivity index (χ1v) is 9.00. The van der Waals surface area contributed by atoms with Crippen molar-refractivity contribution in [3.8, 4) is 0 Å². The van der Waals surface area contributed by atoms with Crippen LogP contribution >= 0.6 is 0 Å². The van der Waals surface area contributed by atoms with Gasteiger partial charge in [0.05, 0.1) is 6.61 Å². The lowest BCUT2D eigenvalue weighted by atomic mass is 9.90. The number of piperidine rings is 1. The van der Waals surface area contributed by atoms with Gasteiger partial charge in [-0.25, -0.2) is 4.79 Å². The van der Waals surface area contributed by atoms with Gasteiger partial charge in [0.25, 0.3) is 0 Å². The molecule has 2 aliphatic rings.